The first-order chi connectivity index (χ1) is 12.3. The molecule has 2 aromatic rings. The highest BCUT2D eigenvalue weighted by molar-refractivity contribution is 7.94. The summed E-state index contributed by atoms with van der Waals surface area (Å²) >= 11 is 0. The summed E-state index contributed by atoms with van der Waals surface area (Å²) in [6.07, 6.45) is 1.43. The average Bonchev–Trinajstić information content (AvgIpc) is 3.00. The second kappa shape index (κ2) is 7.22. The summed E-state index contributed by atoms with van der Waals surface area (Å²) in [6, 6.07) is 14.4. The average molecular weight is 393 g/mol. The molecule has 0 spiro atoms. The van der Waals surface area contributed by atoms with Crippen molar-refractivity contribution in [2.75, 3.05) is 12.9 Å². The SMILES string of the molecule is COc1ccc(S(=O)(=O)N(Cc2ccccc2)C2C=CS(=O)(=O)C2)cc1. The van der Waals surface area contributed by atoms with Gasteiger partial charge in [0.05, 0.1) is 23.8 Å². The van der Waals surface area contributed by atoms with Gasteiger partial charge in [-0.1, -0.05) is 36.4 Å². The minimum absolute atomic E-state index is 0.0831. The van der Waals surface area contributed by atoms with Crippen LogP contribution in [0.3, 0.4) is 0 Å². The number of sulfonamides is 1. The molecular formula is C18H19NO5S2. The largest absolute Gasteiger partial charge is 0.497 e. The molecule has 0 saturated heterocycles. The molecular weight excluding hydrogens is 374 g/mol. The summed E-state index contributed by atoms with van der Waals surface area (Å²) in [5.74, 6) is 0.289. The fourth-order valence-electron chi connectivity index (χ4n) is 2.77. The Morgan fingerprint density at radius 3 is 2.27 bits per heavy atom. The van der Waals surface area contributed by atoms with Crippen molar-refractivity contribution < 1.29 is 21.6 Å². The monoisotopic (exact) mass is 393 g/mol. The highest BCUT2D eigenvalue weighted by Crippen LogP contribution is 2.26. The molecule has 0 amide bonds. The molecule has 1 aliphatic rings. The molecule has 6 nitrogen and oxygen atoms in total. The van der Waals surface area contributed by atoms with E-state index in [1.165, 1.54) is 29.6 Å². The first kappa shape index (κ1) is 18.6. The number of sulfone groups is 1. The molecule has 3 rings (SSSR count). The Balaban J connectivity index is 1.99. The molecule has 1 aliphatic heterocycles. The summed E-state index contributed by atoms with van der Waals surface area (Å²) in [5, 5.41) is 1.08. The summed E-state index contributed by atoms with van der Waals surface area (Å²) < 4.78 is 56.3. The maximum Gasteiger partial charge on any atom is 0.243 e. The van der Waals surface area contributed by atoms with Crippen molar-refractivity contribution in [1.82, 2.24) is 4.31 Å². The van der Waals surface area contributed by atoms with Gasteiger partial charge in [-0.25, -0.2) is 16.8 Å². The van der Waals surface area contributed by atoms with E-state index >= 15 is 0 Å². The lowest BCUT2D eigenvalue weighted by Crippen LogP contribution is -2.40. The number of rotatable bonds is 6. The third-order valence-electron chi connectivity index (χ3n) is 4.13. The van der Waals surface area contributed by atoms with Crippen LogP contribution in [0.15, 0.2) is 71.0 Å². The first-order valence-corrected chi connectivity index (χ1v) is 11.1. The normalized spacial score (nSPS) is 18.9. The van der Waals surface area contributed by atoms with Crippen LogP contribution >= 0.6 is 0 Å². The van der Waals surface area contributed by atoms with Crippen LogP contribution in [0.1, 0.15) is 5.56 Å². The lowest BCUT2D eigenvalue weighted by molar-refractivity contribution is 0.375. The number of ether oxygens (including phenoxy) is 1. The topological polar surface area (TPSA) is 80.8 Å². The van der Waals surface area contributed by atoms with Crippen LogP contribution in [-0.4, -0.2) is 40.0 Å². The Morgan fingerprint density at radius 2 is 1.73 bits per heavy atom. The predicted octanol–water partition coefficient (Wildman–Crippen LogP) is 2.20. The Hall–Kier alpha value is -2.16. The zero-order chi connectivity index (χ0) is 18.8. The van der Waals surface area contributed by atoms with E-state index in [0.29, 0.717) is 5.75 Å². The molecule has 1 atom stereocenters. The number of benzene rings is 2. The van der Waals surface area contributed by atoms with Gasteiger partial charge < -0.3 is 4.74 Å². The van der Waals surface area contributed by atoms with Gasteiger partial charge >= 0.3 is 0 Å². The van der Waals surface area contributed by atoms with E-state index in [1.54, 1.807) is 12.1 Å². The van der Waals surface area contributed by atoms with Crippen LogP contribution in [0.2, 0.25) is 0 Å². The molecule has 0 N–H and O–H groups in total. The van der Waals surface area contributed by atoms with Crippen LogP contribution in [-0.2, 0) is 26.4 Å². The van der Waals surface area contributed by atoms with E-state index in [0.717, 1.165) is 11.0 Å². The van der Waals surface area contributed by atoms with Crippen LogP contribution in [0.25, 0.3) is 0 Å². The molecule has 2 aromatic carbocycles. The smallest absolute Gasteiger partial charge is 0.243 e. The fourth-order valence-corrected chi connectivity index (χ4v) is 5.73. The van der Waals surface area contributed by atoms with Crippen molar-refractivity contribution in [1.29, 1.82) is 0 Å². The van der Waals surface area contributed by atoms with Gasteiger partial charge in [-0.3, -0.25) is 0 Å². The summed E-state index contributed by atoms with van der Waals surface area (Å²) in [4.78, 5) is 0.0897. The van der Waals surface area contributed by atoms with Crippen molar-refractivity contribution in [2.45, 2.75) is 17.5 Å². The van der Waals surface area contributed by atoms with Gasteiger partial charge in [-0.2, -0.15) is 4.31 Å². The highest BCUT2D eigenvalue weighted by atomic mass is 32.2. The number of nitrogens with zero attached hydrogens (tertiary/aromatic N) is 1. The third-order valence-corrected chi connectivity index (χ3v) is 7.39. The number of hydrogen-bond donors (Lipinski definition) is 0. The maximum absolute atomic E-state index is 13.2. The molecule has 26 heavy (non-hydrogen) atoms. The minimum Gasteiger partial charge on any atom is -0.497 e. The van der Waals surface area contributed by atoms with Crippen molar-refractivity contribution in [3.63, 3.8) is 0 Å². The van der Waals surface area contributed by atoms with Gasteiger partial charge in [0.2, 0.25) is 10.0 Å². The van der Waals surface area contributed by atoms with E-state index in [9.17, 15) is 16.8 Å². The molecule has 0 aromatic heterocycles. The van der Waals surface area contributed by atoms with Crippen LogP contribution in [0, 0.1) is 0 Å². The lowest BCUT2D eigenvalue weighted by atomic mass is 10.2. The zero-order valence-electron chi connectivity index (χ0n) is 14.1. The van der Waals surface area contributed by atoms with Gasteiger partial charge in [0.25, 0.3) is 0 Å². The van der Waals surface area contributed by atoms with Crippen molar-refractivity contribution in [3.8, 4) is 5.75 Å². The Bertz CT molecular complexity index is 997. The van der Waals surface area contributed by atoms with Crippen LogP contribution < -0.4 is 4.74 Å². The van der Waals surface area contributed by atoms with Gasteiger partial charge in [-0.05, 0) is 29.8 Å². The Morgan fingerprint density at radius 1 is 1.08 bits per heavy atom. The molecule has 1 heterocycles. The first-order valence-electron chi connectivity index (χ1n) is 7.93. The number of hydrogen-bond acceptors (Lipinski definition) is 5. The molecule has 0 radical (unpaired) electrons. The molecule has 138 valence electrons. The van der Waals surface area contributed by atoms with Gasteiger partial charge in [0.1, 0.15) is 5.75 Å². The second-order valence-electron chi connectivity index (χ2n) is 5.94. The zero-order valence-corrected chi connectivity index (χ0v) is 15.8. The molecule has 1 unspecified atom stereocenters. The highest BCUT2D eigenvalue weighted by Gasteiger charge is 2.35. The third kappa shape index (κ3) is 3.98. The Labute approximate surface area is 153 Å². The molecule has 0 aliphatic carbocycles. The standard InChI is InChI=1S/C18H19NO5S2/c1-24-17-7-9-18(10-8-17)26(22,23)19(13-15-5-3-2-4-6-15)16-11-12-25(20,21)14-16/h2-12,16H,13-14H2,1H3. The van der Waals surface area contributed by atoms with Gasteiger partial charge in [-0.15, -0.1) is 0 Å². The summed E-state index contributed by atoms with van der Waals surface area (Å²) in [5.41, 5.74) is 0.780. The van der Waals surface area contributed by atoms with E-state index in [2.05, 4.69) is 0 Å². The van der Waals surface area contributed by atoms with E-state index < -0.39 is 25.9 Å². The van der Waals surface area contributed by atoms with E-state index in [-0.39, 0.29) is 17.2 Å². The van der Waals surface area contributed by atoms with Crippen molar-refractivity contribution in [3.05, 3.63) is 71.6 Å². The fraction of sp³-hybridized carbons (Fsp3) is 0.222. The molecule has 0 saturated carbocycles. The summed E-state index contributed by atoms with van der Waals surface area (Å²) in [7, 11) is -5.79. The van der Waals surface area contributed by atoms with Crippen LogP contribution in [0.4, 0.5) is 0 Å². The summed E-state index contributed by atoms with van der Waals surface area (Å²) in [6.45, 7) is 0.0831. The van der Waals surface area contributed by atoms with Crippen LogP contribution in [0.5, 0.6) is 5.75 Å². The predicted molar refractivity (Wildman–Crippen MR) is 98.9 cm³/mol. The molecule has 8 heteroatoms. The lowest BCUT2D eigenvalue weighted by Gasteiger charge is -2.27. The second-order valence-corrected chi connectivity index (χ2v) is 9.76. The van der Waals surface area contributed by atoms with Crippen molar-refractivity contribution in [2.24, 2.45) is 0 Å². The number of methoxy groups -OCH3 is 1. The quantitative estimate of drug-likeness (QED) is 0.752. The maximum atomic E-state index is 13.2. The van der Waals surface area contributed by atoms with E-state index in [1.807, 2.05) is 30.3 Å². The van der Waals surface area contributed by atoms with Crippen molar-refractivity contribution >= 4 is 19.9 Å². The van der Waals surface area contributed by atoms with Gasteiger partial charge in [0, 0.05) is 12.0 Å². The minimum atomic E-state index is -3.90. The van der Waals surface area contributed by atoms with Gasteiger partial charge in [0.15, 0.2) is 9.84 Å². The Kier molecular flexibility index (Phi) is 5.17. The van der Waals surface area contributed by atoms with E-state index in [4.69, 9.17) is 4.74 Å². The molecule has 0 fully saturated rings. The molecule has 0 bridgehead atoms.